The Hall–Kier alpha value is -3.62. The Kier molecular flexibility index (Phi) is 5.50. The standard InChI is InChI=1S/C18H19N5O4/c1-25-14-7-5-13(6-8-14)19-17(24)11-23-21-18(20-22-23)12-4-9-15(26-2)16(10-12)27-3/h4-10H,11H2,1-3H3,(H,19,24). The summed E-state index contributed by atoms with van der Waals surface area (Å²) in [4.78, 5) is 13.4. The lowest BCUT2D eigenvalue weighted by Gasteiger charge is -2.07. The molecule has 0 aliphatic carbocycles. The summed E-state index contributed by atoms with van der Waals surface area (Å²) in [5, 5.41) is 14.9. The smallest absolute Gasteiger partial charge is 0.248 e. The van der Waals surface area contributed by atoms with Crippen LogP contribution in [0.15, 0.2) is 42.5 Å². The molecule has 2 aromatic carbocycles. The molecule has 1 aromatic heterocycles. The number of aromatic nitrogens is 4. The van der Waals surface area contributed by atoms with Crippen molar-refractivity contribution in [1.29, 1.82) is 0 Å². The minimum Gasteiger partial charge on any atom is -0.497 e. The van der Waals surface area contributed by atoms with Gasteiger partial charge in [-0.1, -0.05) is 0 Å². The molecule has 3 rings (SSSR count). The van der Waals surface area contributed by atoms with E-state index in [0.717, 1.165) is 0 Å². The molecule has 27 heavy (non-hydrogen) atoms. The third-order valence-corrected chi connectivity index (χ3v) is 3.75. The van der Waals surface area contributed by atoms with E-state index in [1.807, 2.05) is 0 Å². The molecule has 0 fully saturated rings. The SMILES string of the molecule is COc1ccc(NC(=O)Cn2nnc(-c3ccc(OC)c(OC)c3)n2)cc1. The minimum atomic E-state index is -0.267. The van der Waals surface area contributed by atoms with Gasteiger partial charge in [-0.3, -0.25) is 4.79 Å². The molecule has 0 aliphatic rings. The number of rotatable bonds is 7. The molecular weight excluding hydrogens is 350 g/mol. The Morgan fingerprint density at radius 2 is 1.74 bits per heavy atom. The van der Waals surface area contributed by atoms with Crippen LogP contribution in [0.4, 0.5) is 5.69 Å². The summed E-state index contributed by atoms with van der Waals surface area (Å²) in [6, 6.07) is 12.3. The monoisotopic (exact) mass is 369 g/mol. The van der Waals surface area contributed by atoms with Gasteiger partial charge in [0.2, 0.25) is 11.7 Å². The molecule has 140 valence electrons. The summed E-state index contributed by atoms with van der Waals surface area (Å²) < 4.78 is 15.6. The van der Waals surface area contributed by atoms with E-state index in [9.17, 15) is 4.79 Å². The minimum absolute atomic E-state index is 0.0632. The van der Waals surface area contributed by atoms with E-state index < -0.39 is 0 Å². The first kappa shape index (κ1) is 18.2. The third-order valence-electron chi connectivity index (χ3n) is 3.75. The Morgan fingerprint density at radius 1 is 1.00 bits per heavy atom. The number of hydrogen-bond acceptors (Lipinski definition) is 7. The van der Waals surface area contributed by atoms with Crippen LogP contribution in [0.2, 0.25) is 0 Å². The number of hydrogen-bond donors (Lipinski definition) is 1. The van der Waals surface area contributed by atoms with Gasteiger partial charge in [0.15, 0.2) is 11.5 Å². The van der Waals surface area contributed by atoms with Crippen molar-refractivity contribution in [3.63, 3.8) is 0 Å². The fraction of sp³-hybridized carbons (Fsp3) is 0.222. The molecule has 1 N–H and O–H groups in total. The van der Waals surface area contributed by atoms with E-state index in [4.69, 9.17) is 14.2 Å². The Morgan fingerprint density at radius 3 is 2.41 bits per heavy atom. The fourth-order valence-electron chi connectivity index (χ4n) is 2.40. The summed E-state index contributed by atoms with van der Waals surface area (Å²) in [6.07, 6.45) is 0. The van der Waals surface area contributed by atoms with Crippen molar-refractivity contribution < 1.29 is 19.0 Å². The topological polar surface area (TPSA) is 100 Å². The maximum Gasteiger partial charge on any atom is 0.248 e. The molecule has 9 nitrogen and oxygen atoms in total. The van der Waals surface area contributed by atoms with E-state index >= 15 is 0 Å². The highest BCUT2D eigenvalue weighted by Crippen LogP contribution is 2.30. The van der Waals surface area contributed by atoms with Gasteiger partial charge in [-0.25, -0.2) is 0 Å². The first-order valence-electron chi connectivity index (χ1n) is 8.07. The van der Waals surface area contributed by atoms with Crippen LogP contribution < -0.4 is 19.5 Å². The fourth-order valence-corrected chi connectivity index (χ4v) is 2.40. The van der Waals surface area contributed by atoms with Crippen molar-refractivity contribution >= 4 is 11.6 Å². The number of nitrogens with one attached hydrogen (secondary N) is 1. The average molecular weight is 369 g/mol. The number of benzene rings is 2. The van der Waals surface area contributed by atoms with Gasteiger partial charge in [-0.05, 0) is 47.7 Å². The number of amides is 1. The highest BCUT2D eigenvalue weighted by Gasteiger charge is 2.12. The number of tetrazole rings is 1. The van der Waals surface area contributed by atoms with E-state index in [2.05, 4.69) is 20.7 Å². The lowest BCUT2D eigenvalue weighted by molar-refractivity contribution is -0.117. The summed E-state index contributed by atoms with van der Waals surface area (Å²) in [5.74, 6) is 1.99. The van der Waals surface area contributed by atoms with Gasteiger partial charge in [-0.2, -0.15) is 4.80 Å². The number of carbonyl (C=O) groups is 1. The second-order valence-electron chi connectivity index (χ2n) is 5.49. The van der Waals surface area contributed by atoms with Gasteiger partial charge in [0, 0.05) is 11.3 Å². The summed E-state index contributed by atoms with van der Waals surface area (Å²) in [6.45, 7) is -0.0632. The van der Waals surface area contributed by atoms with Crippen molar-refractivity contribution in [2.75, 3.05) is 26.6 Å². The molecule has 0 unspecified atom stereocenters. The van der Waals surface area contributed by atoms with Crippen LogP contribution in [-0.2, 0) is 11.3 Å². The number of ether oxygens (including phenoxy) is 3. The van der Waals surface area contributed by atoms with E-state index in [-0.39, 0.29) is 12.5 Å². The van der Waals surface area contributed by atoms with E-state index in [0.29, 0.717) is 34.3 Å². The number of nitrogens with zero attached hydrogens (tertiary/aromatic N) is 4. The zero-order valence-corrected chi connectivity index (χ0v) is 15.2. The molecule has 0 atom stereocenters. The first-order valence-corrected chi connectivity index (χ1v) is 8.07. The molecule has 0 saturated heterocycles. The van der Waals surface area contributed by atoms with Crippen LogP contribution >= 0.6 is 0 Å². The van der Waals surface area contributed by atoms with Gasteiger partial charge in [0.25, 0.3) is 0 Å². The van der Waals surface area contributed by atoms with Gasteiger partial charge >= 0.3 is 0 Å². The molecule has 0 saturated carbocycles. The first-order chi connectivity index (χ1) is 13.1. The van der Waals surface area contributed by atoms with Crippen LogP contribution in [0.5, 0.6) is 17.2 Å². The second-order valence-corrected chi connectivity index (χ2v) is 5.49. The number of anilines is 1. The zero-order chi connectivity index (χ0) is 19.2. The molecule has 0 radical (unpaired) electrons. The van der Waals surface area contributed by atoms with Gasteiger partial charge < -0.3 is 19.5 Å². The lowest BCUT2D eigenvalue weighted by Crippen LogP contribution is -2.20. The van der Waals surface area contributed by atoms with Crippen molar-refractivity contribution in [3.8, 4) is 28.6 Å². The highest BCUT2D eigenvalue weighted by molar-refractivity contribution is 5.90. The number of carbonyl (C=O) groups excluding carboxylic acids is 1. The number of methoxy groups -OCH3 is 3. The van der Waals surface area contributed by atoms with Crippen LogP contribution in [0, 0.1) is 0 Å². The van der Waals surface area contributed by atoms with E-state index in [1.165, 1.54) is 4.80 Å². The molecule has 3 aromatic rings. The van der Waals surface area contributed by atoms with Crippen LogP contribution in [-0.4, -0.2) is 47.4 Å². The maximum atomic E-state index is 12.2. The normalized spacial score (nSPS) is 10.3. The predicted octanol–water partition coefficient (Wildman–Crippen LogP) is 2.00. The van der Waals surface area contributed by atoms with E-state index in [1.54, 1.807) is 63.8 Å². The van der Waals surface area contributed by atoms with Crippen LogP contribution in [0.1, 0.15) is 0 Å². The zero-order valence-electron chi connectivity index (χ0n) is 15.2. The third kappa shape index (κ3) is 4.32. The molecule has 1 heterocycles. The van der Waals surface area contributed by atoms with Gasteiger partial charge in [0.05, 0.1) is 21.3 Å². The summed E-state index contributed by atoms with van der Waals surface area (Å²) in [5.41, 5.74) is 1.36. The molecular formula is C18H19N5O4. The maximum absolute atomic E-state index is 12.2. The predicted molar refractivity (Wildman–Crippen MR) is 98.0 cm³/mol. The average Bonchev–Trinajstić information content (AvgIpc) is 3.16. The molecule has 0 aliphatic heterocycles. The Labute approximate surface area is 155 Å². The molecule has 1 amide bonds. The molecule has 0 spiro atoms. The van der Waals surface area contributed by atoms with Gasteiger partial charge in [0.1, 0.15) is 12.3 Å². The largest absolute Gasteiger partial charge is 0.497 e. The van der Waals surface area contributed by atoms with Crippen molar-refractivity contribution in [1.82, 2.24) is 20.2 Å². The quantitative estimate of drug-likeness (QED) is 0.680. The second kappa shape index (κ2) is 8.17. The van der Waals surface area contributed by atoms with Crippen LogP contribution in [0.3, 0.4) is 0 Å². The molecule has 9 heteroatoms. The van der Waals surface area contributed by atoms with Crippen LogP contribution in [0.25, 0.3) is 11.4 Å². The van der Waals surface area contributed by atoms with Crippen molar-refractivity contribution in [2.45, 2.75) is 6.54 Å². The van der Waals surface area contributed by atoms with Crippen molar-refractivity contribution in [3.05, 3.63) is 42.5 Å². The summed E-state index contributed by atoms with van der Waals surface area (Å²) in [7, 11) is 4.70. The highest BCUT2D eigenvalue weighted by atomic mass is 16.5. The Balaban J connectivity index is 1.67. The van der Waals surface area contributed by atoms with Gasteiger partial charge in [-0.15, -0.1) is 10.2 Å². The lowest BCUT2D eigenvalue weighted by atomic mass is 10.2. The Bertz CT molecular complexity index is 924. The molecule has 0 bridgehead atoms. The van der Waals surface area contributed by atoms with Crippen molar-refractivity contribution in [2.24, 2.45) is 0 Å². The summed E-state index contributed by atoms with van der Waals surface area (Å²) >= 11 is 0.